The van der Waals surface area contributed by atoms with Gasteiger partial charge in [0.2, 0.25) is 0 Å². The number of nitrogens with zero attached hydrogens (tertiary/aromatic N) is 1. The van der Waals surface area contributed by atoms with Crippen LogP contribution in [0.1, 0.15) is 15.9 Å². The van der Waals surface area contributed by atoms with Crippen molar-refractivity contribution in [3.8, 4) is 5.75 Å². The average molecular weight is 333 g/mol. The fourth-order valence-corrected chi connectivity index (χ4v) is 1.96. The van der Waals surface area contributed by atoms with Gasteiger partial charge in [0.05, 0.1) is 13.3 Å². The van der Waals surface area contributed by atoms with Gasteiger partial charge in [-0.3, -0.25) is 4.79 Å². The molecule has 2 rings (SSSR count). The van der Waals surface area contributed by atoms with Crippen LogP contribution in [0, 0.1) is 0 Å². The molecule has 0 spiro atoms. The first kappa shape index (κ1) is 14.3. The van der Waals surface area contributed by atoms with Gasteiger partial charge in [0.15, 0.2) is 0 Å². The Labute approximate surface area is 125 Å². The molecule has 0 heterocycles. The molecule has 0 bridgehead atoms. The number of rotatable bonds is 4. The number of hydrogen-bond donors (Lipinski definition) is 1. The topological polar surface area (TPSA) is 50.7 Å². The number of halogens is 1. The molecular weight excluding hydrogens is 320 g/mol. The highest BCUT2D eigenvalue weighted by Gasteiger charge is 2.05. The van der Waals surface area contributed by atoms with Crippen LogP contribution >= 0.6 is 15.9 Å². The molecule has 0 saturated heterocycles. The standard InChI is InChI=1S/C15H13BrN2O2/c1-20-13-7-4-6-11(9-13)15(19)18-17-10-12-5-2-3-8-14(12)16/h2-10H,1H3,(H,18,19)/b17-10+. The van der Waals surface area contributed by atoms with Crippen molar-refractivity contribution in [3.05, 3.63) is 64.1 Å². The summed E-state index contributed by atoms with van der Waals surface area (Å²) in [6.07, 6.45) is 1.59. The predicted molar refractivity (Wildman–Crippen MR) is 82.2 cm³/mol. The average Bonchev–Trinajstić information content (AvgIpc) is 2.49. The van der Waals surface area contributed by atoms with Gasteiger partial charge in [-0.2, -0.15) is 5.10 Å². The summed E-state index contributed by atoms with van der Waals surface area (Å²) in [5.41, 5.74) is 3.86. The lowest BCUT2D eigenvalue weighted by molar-refractivity contribution is 0.0955. The van der Waals surface area contributed by atoms with E-state index < -0.39 is 0 Å². The molecule has 1 amide bonds. The van der Waals surface area contributed by atoms with E-state index in [2.05, 4.69) is 26.5 Å². The smallest absolute Gasteiger partial charge is 0.271 e. The van der Waals surface area contributed by atoms with E-state index in [4.69, 9.17) is 4.74 Å². The summed E-state index contributed by atoms with van der Waals surface area (Å²) in [7, 11) is 1.56. The molecule has 0 saturated carbocycles. The van der Waals surface area contributed by atoms with Crippen LogP contribution in [0.5, 0.6) is 5.75 Å². The Hall–Kier alpha value is -2.14. The highest BCUT2D eigenvalue weighted by Crippen LogP contribution is 2.14. The van der Waals surface area contributed by atoms with E-state index in [1.165, 1.54) is 0 Å². The van der Waals surface area contributed by atoms with E-state index in [0.29, 0.717) is 11.3 Å². The van der Waals surface area contributed by atoms with Gasteiger partial charge in [-0.05, 0) is 24.3 Å². The Morgan fingerprint density at radius 3 is 2.80 bits per heavy atom. The van der Waals surface area contributed by atoms with Crippen molar-refractivity contribution in [1.29, 1.82) is 0 Å². The third-order valence-electron chi connectivity index (χ3n) is 2.61. The second kappa shape index (κ2) is 6.86. The largest absolute Gasteiger partial charge is 0.497 e. The van der Waals surface area contributed by atoms with Gasteiger partial charge in [0, 0.05) is 15.6 Å². The van der Waals surface area contributed by atoms with E-state index in [9.17, 15) is 4.79 Å². The molecule has 0 atom stereocenters. The zero-order valence-corrected chi connectivity index (χ0v) is 12.4. The van der Waals surface area contributed by atoms with E-state index in [1.54, 1.807) is 37.6 Å². The summed E-state index contributed by atoms with van der Waals surface area (Å²) in [5.74, 6) is 0.347. The van der Waals surface area contributed by atoms with Gasteiger partial charge in [0.25, 0.3) is 5.91 Å². The maximum absolute atomic E-state index is 11.9. The molecular formula is C15H13BrN2O2. The van der Waals surface area contributed by atoms with Gasteiger partial charge in [-0.25, -0.2) is 5.43 Å². The minimum absolute atomic E-state index is 0.285. The predicted octanol–water partition coefficient (Wildman–Crippen LogP) is 3.22. The summed E-state index contributed by atoms with van der Waals surface area (Å²) < 4.78 is 5.99. The summed E-state index contributed by atoms with van der Waals surface area (Å²) in [4.78, 5) is 11.9. The number of hydrazone groups is 1. The summed E-state index contributed by atoms with van der Waals surface area (Å²) in [6, 6.07) is 14.5. The van der Waals surface area contributed by atoms with Gasteiger partial charge in [-0.1, -0.05) is 40.2 Å². The molecule has 4 nitrogen and oxygen atoms in total. The third kappa shape index (κ3) is 3.68. The summed E-state index contributed by atoms with van der Waals surface area (Å²) >= 11 is 3.41. The Morgan fingerprint density at radius 1 is 1.25 bits per heavy atom. The Kier molecular flexibility index (Phi) is 4.90. The lowest BCUT2D eigenvalue weighted by atomic mass is 10.2. The number of amides is 1. The Bertz CT molecular complexity index is 641. The molecule has 0 aliphatic heterocycles. The summed E-state index contributed by atoms with van der Waals surface area (Å²) in [5, 5.41) is 3.94. The molecule has 5 heteroatoms. The number of benzene rings is 2. The van der Waals surface area contributed by atoms with Crippen LogP contribution in [0.3, 0.4) is 0 Å². The number of hydrogen-bond acceptors (Lipinski definition) is 3. The number of carbonyl (C=O) groups excluding carboxylic acids is 1. The normalized spacial score (nSPS) is 10.5. The second-order valence-electron chi connectivity index (χ2n) is 3.95. The number of carbonyl (C=O) groups is 1. The quantitative estimate of drug-likeness (QED) is 0.690. The maximum atomic E-state index is 11.9. The maximum Gasteiger partial charge on any atom is 0.271 e. The van der Waals surface area contributed by atoms with Gasteiger partial charge in [0.1, 0.15) is 5.75 Å². The molecule has 20 heavy (non-hydrogen) atoms. The number of methoxy groups -OCH3 is 1. The van der Waals surface area contributed by atoms with Crippen LogP contribution in [-0.4, -0.2) is 19.2 Å². The van der Waals surface area contributed by atoms with Crippen molar-refractivity contribution in [2.75, 3.05) is 7.11 Å². The van der Waals surface area contributed by atoms with Crippen molar-refractivity contribution in [2.24, 2.45) is 5.10 Å². The van der Waals surface area contributed by atoms with E-state index >= 15 is 0 Å². The number of ether oxygens (including phenoxy) is 1. The van der Waals surface area contributed by atoms with Crippen molar-refractivity contribution in [1.82, 2.24) is 5.43 Å². The third-order valence-corrected chi connectivity index (χ3v) is 3.33. The van der Waals surface area contributed by atoms with Crippen LogP contribution in [0.15, 0.2) is 58.1 Å². The van der Waals surface area contributed by atoms with Crippen molar-refractivity contribution < 1.29 is 9.53 Å². The lowest BCUT2D eigenvalue weighted by Gasteiger charge is -2.03. The molecule has 0 radical (unpaired) electrons. The molecule has 2 aromatic rings. The van der Waals surface area contributed by atoms with Crippen LogP contribution in [0.25, 0.3) is 0 Å². The molecule has 0 aliphatic carbocycles. The number of nitrogens with one attached hydrogen (secondary N) is 1. The highest BCUT2D eigenvalue weighted by atomic mass is 79.9. The fraction of sp³-hybridized carbons (Fsp3) is 0.0667. The van der Waals surface area contributed by atoms with Crippen molar-refractivity contribution >= 4 is 28.1 Å². The fourth-order valence-electron chi connectivity index (χ4n) is 1.57. The molecule has 1 N–H and O–H groups in total. The first-order valence-corrected chi connectivity index (χ1v) is 6.72. The van der Waals surface area contributed by atoms with Gasteiger partial charge < -0.3 is 4.74 Å². The first-order valence-electron chi connectivity index (χ1n) is 5.92. The SMILES string of the molecule is COc1cccc(C(=O)N/N=C/c2ccccc2Br)c1. The highest BCUT2D eigenvalue weighted by molar-refractivity contribution is 9.10. The van der Waals surface area contributed by atoms with Crippen LogP contribution < -0.4 is 10.2 Å². The molecule has 0 aliphatic rings. The second-order valence-corrected chi connectivity index (χ2v) is 4.81. The zero-order valence-electron chi connectivity index (χ0n) is 10.8. The molecule has 0 aromatic heterocycles. The molecule has 0 fully saturated rings. The van der Waals surface area contributed by atoms with E-state index in [1.807, 2.05) is 24.3 Å². The zero-order chi connectivity index (χ0) is 14.4. The Morgan fingerprint density at radius 2 is 2.05 bits per heavy atom. The molecule has 2 aromatic carbocycles. The van der Waals surface area contributed by atoms with Gasteiger partial charge in [-0.15, -0.1) is 0 Å². The van der Waals surface area contributed by atoms with Crippen LogP contribution in [0.4, 0.5) is 0 Å². The van der Waals surface area contributed by atoms with Crippen LogP contribution in [0.2, 0.25) is 0 Å². The summed E-state index contributed by atoms with van der Waals surface area (Å²) in [6.45, 7) is 0. The van der Waals surface area contributed by atoms with Crippen LogP contribution in [-0.2, 0) is 0 Å². The van der Waals surface area contributed by atoms with E-state index in [0.717, 1.165) is 10.0 Å². The van der Waals surface area contributed by atoms with Gasteiger partial charge >= 0.3 is 0 Å². The monoisotopic (exact) mass is 332 g/mol. The minimum atomic E-state index is -0.285. The Balaban J connectivity index is 2.03. The first-order chi connectivity index (χ1) is 9.70. The lowest BCUT2D eigenvalue weighted by Crippen LogP contribution is -2.17. The van der Waals surface area contributed by atoms with Crippen molar-refractivity contribution in [3.63, 3.8) is 0 Å². The molecule has 102 valence electrons. The van der Waals surface area contributed by atoms with Crippen molar-refractivity contribution in [2.45, 2.75) is 0 Å². The molecule has 0 unspecified atom stereocenters. The minimum Gasteiger partial charge on any atom is -0.497 e. The van der Waals surface area contributed by atoms with E-state index in [-0.39, 0.29) is 5.91 Å².